The van der Waals surface area contributed by atoms with Crippen molar-refractivity contribution in [3.05, 3.63) is 47.0 Å². The molecule has 5 rings (SSSR count). The molecule has 0 unspecified atom stereocenters. The van der Waals surface area contributed by atoms with E-state index < -0.39 is 17.5 Å². The summed E-state index contributed by atoms with van der Waals surface area (Å²) in [5.41, 5.74) is 1.31. The highest BCUT2D eigenvalue weighted by molar-refractivity contribution is 5.73. The van der Waals surface area contributed by atoms with Crippen LogP contribution in [0.3, 0.4) is 0 Å². The number of alkyl carbamates (subject to hydrolysis) is 1. The highest BCUT2D eigenvalue weighted by Crippen LogP contribution is 2.30. The van der Waals surface area contributed by atoms with Gasteiger partial charge in [0.2, 0.25) is 0 Å². The van der Waals surface area contributed by atoms with E-state index in [1.807, 2.05) is 20.8 Å². The maximum Gasteiger partial charge on any atom is 0.407 e. The van der Waals surface area contributed by atoms with Gasteiger partial charge in [-0.05, 0) is 58.6 Å². The SMILES string of the molecule is CC(C)(C)OC(=O)NC1CCC(n2c(=O)[nH]c3cnc(-c4cnc5ccc(F)cn45)nc32)CC1. The lowest BCUT2D eigenvalue weighted by atomic mass is 9.91. The lowest BCUT2D eigenvalue weighted by Crippen LogP contribution is -2.41. The predicted molar refractivity (Wildman–Crippen MR) is 123 cm³/mol. The second-order valence-electron chi connectivity index (χ2n) is 9.60. The number of nitrogens with zero attached hydrogens (tertiary/aromatic N) is 5. The molecule has 1 aliphatic rings. The molecule has 11 heteroatoms. The zero-order valence-corrected chi connectivity index (χ0v) is 19.2. The first-order valence-electron chi connectivity index (χ1n) is 11.3. The van der Waals surface area contributed by atoms with E-state index in [0.717, 1.165) is 0 Å². The summed E-state index contributed by atoms with van der Waals surface area (Å²) in [7, 11) is 0. The molecule has 4 aromatic rings. The topological polar surface area (TPSA) is 119 Å². The minimum absolute atomic E-state index is 0.00903. The van der Waals surface area contributed by atoms with Crippen LogP contribution in [-0.4, -0.2) is 46.6 Å². The van der Waals surface area contributed by atoms with Crippen LogP contribution in [0.5, 0.6) is 0 Å². The molecule has 2 N–H and O–H groups in total. The molecule has 1 saturated carbocycles. The average molecular weight is 468 g/mol. The molecule has 0 spiro atoms. The summed E-state index contributed by atoms with van der Waals surface area (Å²) in [4.78, 5) is 41.0. The van der Waals surface area contributed by atoms with Crippen LogP contribution in [-0.2, 0) is 4.74 Å². The van der Waals surface area contributed by atoms with Gasteiger partial charge in [-0.25, -0.2) is 28.9 Å². The van der Waals surface area contributed by atoms with E-state index >= 15 is 0 Å². The molecule has 4 heterocycles. The van der Waals surface area contributed by atoms with Gasteiger partial charge in [0.25, 0.3) is 0 Å². The summed E-state index contributed by atoms with van der Waals surface area (Å²) < 4.78 is 22.4. The maximum atomic E-state index is 13.8. The minimum Gasteiger partial charge on any atom is -0.444 e. The number of fused-ring (bicyclic) bond motifs is 2. The van der Waals surface area contributed by atoms with E-state index in [1.54, 1.807) is 27.4 Å². The van der Waals surface area contributed by atoms with Gasteiger partial charge < -0.3 is 15.0 Å². The van der Waals surface area contributed by atoms with Crippen molar-refractivity contribution in [2.24, 2.45) is 0 Å². The minimum atomic E-state index is -0.553. The summed E-state index contributed by atoms with van der Waals surface area (Å²) in [6.07, 6.45) is 6.88. The summed E-state index contributed by atoms with van der Waals surface area (Å²) in [5.74, 6) is -0.0539. The van der Waals surface area contributed by atoms with Gasteiger partial charge in [0.1, 0.15) is 28.3 Å². The second kappa shape index (κ2) is 8.23. The summed E-state index contributed by atoms with van der Waals surface area (Å²) in [6, 6.07) is 2.84. The number of H-pyrrole nitrogens is 1. The molecule has 0 aromatic carbocycles. The van der Waals surface area contributed by atoms with Crippen LogP contribution in [0.2, 0.25) is 0 Å². The number of pyridine rings is 1. The molecule has 0 aliphatic heterocycles. The molecule has 1 fully saturated rings. The van der Waals surface area contributed by atoms with Crippen molar-refractivity contribution in [2.75, 3.05) is 0 Å². The molecular weight excluding hydrogens is 441 g/mol. The number of rotatable bonds is 3. The quantitative estimate of drug-likeness (QED) is 0.475. The Morgan fingerprint density at radius 1 is 1.18 bits per heavy atom. The monoisotopic (exact) mass is 467 g/mol. The molecule has 0 bridgehead atoms. The largest absolute Gasteiger partial charge is 0.444 e. The third-order valence-electron chi connectivity index (χ3n) is 5.94. The molecule has 0 radical (unpaired) electrons. The first kappa shape index (κ1) is 22.1. The predicted octanol–water partition coefficient (Wildman–Crippen LogP) is 3.58. The number of halogens is 1. The molecule has 34 heavy (non-hydrogen) atoms. The third kappa shape index (κ3) is 4.25. The highest BCUT2D eigenvalue weighted by atomic mass is 19.1. The van der Waals surface area contributed by atoms with Crippen LogP contribution in [0, 0.1) is 5.82 Å². The number of hydrogen-bond acceptors (Lipinski definition) is 6. The molecule has 0 atom stereocenters. The Morgan fingerprint density at radius 3 is 2.68 bits per heavy atom. The van der Waals surface area contributed by atoms with Gasteiger partial charge in [0, 0.05) is 18.3 Å². The Morgan fingerprint density at radius 2 is 1.94 bits per heavy atom. The standard InChI is InChI=1S/C23H26FN7O3/c1-23(2,3)34-22(33)27-14-5-7-15(8-6-14)31-20-16(28-21(31)32)10-26-19(29-20)17-11-25-18-9-4-13(24)12-30(17)18/h4,9-12,14-15H,5-8H2,1-3H3,(H,27,33)(H,28,32). The van der Waals surface area contributed by atoms with E-state index in [1.165, 1.54) is 12.3 Å². The first-order valence-corrected chi connectivity index (χ1v) is 11.3. The van der Waals surface area contributed by atoms with Crippen molar-refractivity contribution in [1.29, 1.82) is 0 Å². The van der Waals surface area contributed by atoms with Gasteiger partial charge in [0.15, 0.2) is 11.5 Å². The maximum absolute atomic E-state index is 13.8. The van der Waals surface area contributed by atoms with E-state index in [-0.39, 0.29) is 17.8 Å². The normalized spacial score (nSPS) is 18.9. The smallest absolute Gasteiger partial charge is 0.407 e. The molecule has 10 nitrogen and oxygen atoms in total. The Bertz CT molecular complexity index is 1420. The van der Waals surface area contributed by atoms with Crippen LogP contribution >= 0.6 is 0 Å². The number of ether oxygens (including phenoxy) is 1. The van der Waals surface area contributed by atoms with Crippen LogP contribution in [0.1, 0.15) is 52.5 Å². The van der Waals surface area contributed by atoms with Gasteiger partial charge in [-0.3, -0.25) is 8.97 Å². The van der Waals surface area contributed by atoms with Crippen molar-refractivity contribution in [3.8, 4) is 11.5 Å². The summed E-state index contributed by atoms with van der Waals surface area (Å²) in [5, 5.41) is 2.92. The first-order chi connectivity index (χ1) is 16.2. The van der Waals surface area contributed by atoms with Gasteiger partial charge >= 0.3 is 11.8 Å². The second-order valence-corrected chi connectivity index (χ2v) is 9.60. The van der Waals surface area contributed by atoms with Gasteiger partial charge in [-0.2, -0.15) is 0 Å². The van der Waals surface area contributed by atoms with Crippen LogP contribution in [0.4, 0.5) is 9.18 Å². The molecule has 178 valence electrons. The third-order valence-corrected chi connectivity index (χ3v) is 5.94. The zero-order valence-electron chi connectivity index (χ0n) is 19.2. The van der Waals surface area contributed by atoms with Crippen LogP contribution in [0.25, 0.3) is 28.3 Å². The number of imidazole rings is 2. The number of hydrogen-bond donors (Lipinski definition) is 2. The fourth-order valence-corrected chi connectivity index (χ4v) is 4.45. The summed E-state index contributed by atoms with van der Waals surface area (Å²) >= 11 is 0. The fraction of sp³-hybridized carbons (Fsp3) is 0.435. The number of aromatic nitrogens is 6. The molecule has 1 amide bonds. The number of aromatic amines is 1. The lowest BCUT2D eigenvalue weighted by molar-refractivity contribution is 0.0488. The van der Waals surface area contributed by atoms with Gasteiger partial charge in [0.05, 0.1) is 12.4 Å². The Kier molecular flexibility index (Phi) is 5.34. The van der Waals surface area contributed by atoms with Crippen molar-refractivity contribution in [3.63, 3.8) is 0 Å². The Labute approximate surface area is 194 Å². The molecule has 0 saturated heterocycles. The van der Waals surface area contributed by atoms with Crippen LogP contribution < -0.4 is 11.0 Å². The number of nitrogens with one attached hydrogen (secondary N) is 2. The fourth-order valence-electron chi connectivity index (χ4n) is 4.45. The zero-order chi connectivity index (χ0) is 24.0. The van der Waals surface area contributed by atoms with Crippen LogP contribution in [0.15, 0.2) is 35.5 Å². The van der Waals surface area contributed by atoms with Crippen molar-refractivity contribution >= 4 is 22.9 Å². The lowest BCUT2D eigenvalue weighted by Gasteiger charge is -2.30. The molecule has 1 aliphatic carbocycles. The molecular formula is C23H26FN7O3. The van der Waals surface area contributed by atoms with Crippen molar-refractivity contribution < 1.29 is 13.9 Å². The highest BCUT2D eigenvalue weighted by Gasteiger charge is 2.28. The van der Waals surface area contributed by atoms with Crippen molar-refractivity contribution in [1.82, 2.24) is 34.2 Å². The average Bonchev–Trinajstić information content (AvgIpc) is 3.32. The van der Waals surface area contributed by atoms with E-state index in [2.05, 4.69) is 25.3 Å². The number of carbonyl (C=O) groups is 1. The van der Waals surface area contributed by atoms with Crippen molar-refractivity contribution in [2.45, 2.75) is 64.1 Å². The summed E-state index contributed by atoms with van der Waals surface area (Å²) in [6.45, 7) is 5.48. The van der Waals surface area contributed by atoms with Gasteiger partial charge in [-0.1, -0.05) is 0 Å². The van der Waals surface area contributed by atoms with E-state index in [0.29, 0.717) is 54.0 Å². The Hall–Kier alpha value is -3.76. The number of carbonyl (C=O) groups excluding carboxylic acids is 1. The Balaban J connectivity index is 1.39. The number of amides is 1. The van der Waals surface area contributed by atoms with E-state index in [9.17, 15) is 14.0 Å². The molecule has 4 aromatic heterocycles. The van der Waals surface area contributed by atoms with Gasteiger partial charge in [-0.15, -0.1) is 0 Å². The van der Waals surface area contributed by atoms with E-state index in [4.69, 9.17) is 4.74 Å².